The Morgan fingerprint density at radius 2 is 1.94 bits per heavy atom. The number of hydrogen-bond donors (Lipinski definition) is 0. The molecule has 170 valence electrons. The molecule has 33 heavy (non-hydrogen) atoms. The maximum atomic E-state index is 9.45. The number of rotatable bonds is 8. The molecular formula is C27H29ClN4S. The van der Waals surface area contributed by atoms with Crippen LogP contribution < -0.4 is 0 Å². The number of thiophene rings is 1. The van der Waals surface area contributed by atoms with Crippen LogP contribution in [0.3, 0.4) is 0 Å². The third-order valence-corrected chi connectivity index (χ3v) is 8.15. The van der Waals surface area contributed by atoms with Crippen LogP contribution in [0.25, 0.3) is 10.1 Å². The minimum Gasteiger partial charge on any atom is -0.355 e. The number of likely N-dealkylation sites (tertiary alicyclic amines) is 1. The van der Waals surface area contributed by atoms with E-state index in [9.17, 15) is 5.26 Å². The summed E-state index contributed by atoms with van der Waals surface area (Å²) in [4.78, 5) is 9.92. The highest BCUT2D eigenvalue weighted by Crippen LogP contribution is 2.30. The third kappa shape index (κ3) is 4.94. The lowest BCUT2D eigenvalue weighted by Gasteiger charge is -2.24. The Morgan fingerprint density at radius 3 is 2.79 bits per heavy atom. The number of hydrogen-bond acceptors (Lipinski definition) is 5. The van der Waals surface area contributed by atoms with Gasteiger partial charge in [0.25, 0.3) is 0 Å². The zero-order valence-corrected chi connectivity index (χ0v) is 20.5. The molecule has 1 aromatic heterocycles. The molecule has 0 aliphatic carbocycles. The van der Waals surface area contributed by atoms with Gasteiger partial charge in [-0.3, -0.25) is 4.99 Å². The fourth-order valence-corrected chi connectivity index (χ4v) is 6.33. The summed E-state index contributed by atoms with van der Waals surface area (Å²) in [6.45, 7) is 6.57. The average molecular weight is 477 g/mol. The van der Waals surface area contributed by atoms with E-state index >= 15 is 0 Å². The van der Waals surface area contributed by atoms with Crippen LogP contribution in [0.1, 0.15) is 41.5 Å². The maximum Gasteiger partial charge on any atom is 0.131 e. The molecule has 0 saturated carbocycles. The van der Waals surface area contributed by atoms with Crippen LogP contribution in [0.4, 0.5) is 0 Å². The summed E-state index contributed by atoms with van der Waals surface area (Å²) in [6, 6.07) is 14.6. The largest absolute Gasteiger partial charge is 0.355 e. The Labute approximate surface area is 205 Å². The Hall–Kier alpha value is -2.39. The van der Waals surface area contributed by atoms with Crippen molar-refractivity contribution in [3.63, 3.8) is 0 Å². The van der Waals surface area contributed by atoms with Crippen molar-refractivity contribution in [1.82, 2.24) is 9.80 Å². The van der Waals surface area contributed by atoms with Crippen LogP contribution in [0.15, 0.2) is 46.8 Å². The van der Waals surface area contributed by atoms with Crippen molar-refractivity contribution in [2.45, 2.75) is 32.1 Å². The van der Waals surface area contributed by atoms with Crippen molar-refractivity contribution in [3.8, 4) is 6.07 Å². The van der Waals surface area contributed by atoms with Gasteiger partial charge in [0, 0.05) is 28.4 Å². The van der Waals surface area contributed by atoms with Crippen molar-refractivity contribution < 1.29 is 0 Å². The van der Waals surface area contributed by atoms with Crippen molar-refractivity contribution >= 4 is 38.9 Å². The lowest BCUT2D eigenvalue weighted by atomic mass is 9.97. The van der Waals surface area contributed by atoms with E-state index in [4.69, 9.17) is 16.6 Å². The lowest BCUT2D eigenvalue weighted by molar-refractivity contribution is 0.313. The third-order valence-electron chi connectivity index (χ3n) is 6.79. The highest BCUT2D eigenvalue weighted by Gasteiger charge is 2.22. The molecule has 0 amide bonds. The van der Waals surface area contributed by atoms with Gasteiger partial charge in [0.2, 0.25) is 0 Å². The van der Waals surface area contributed by atoms with Crippen LogP contribution >= 0.6 is 22.9 Å². The first-order valence-corrected chi connectivity index (χ1v) is 13.2. The van der Waals surface area contributed by atoms with Crippen LogP contribution in [-0.4, -0.2) is 54.9 Å². The molecule has 2 aliphatic rings. The molecule has 0 bridgehead atoms. The number of nitrogens with zero attached hydrogens (tertiary/aromatic N) is 4. The first-order valence-electron chi connectivity index (χ1n) is 11.9. The standard InChI is InChI=1S/C27H29ClN4S/c28-25-6-3-5-24(27-30-10-15-32(27)14-4-13-31-11-1-2-12-31)23(25)8-7-21-17-20(19-29)18-22-9-16-33-26(21)22/h3,5-6,9,16-18H,1-2,4,7-8,10-15H2. The van der Waals surface area contributed by atoms with E-state index in [0.717, 1.165) is 59.8 Å². The van der Waals surface area contributed by atoms with Gasteiger partial charge in [-0.25, -0.2) is 0 Å². The van der Waals surface area contributed by atoms with Crippen LogP contribution in [0, 0.1) is 11.3 Å². The monoisotopic (exact) mass is 476 g/mol. The molecule has 3 aromatic rings. The molecule has 0 radical (unpaired) electrons. The van der Waals surface area contributed by atoms with E-state index < -0.39 is 0 Å². The summed E-state index contributed by atoms with van der Waals surface area (Å²) >= 11 is 8.48. The molecule has 1 saturated heterocycles. The predicted octanol–water partition coefficient (Wildman–Crippen LogP) is 5.76. The Morgan fingerprint density at radius 1 is 1.06 bits per heavy atom. The van der Waals surface area contributed by atoms with Gasteiger partial charge >= 0.3 is 0 Å². The summed E-state index contributed by atoms with van der Waals surface area (Å²) in [7, 11) is 0. The van der Waals surface area contributed by atoms with Gasteiger partial charge in [-0.1, -0.05) is 23.7 Å². The zero-order valence-electron chi connectivity index (χ0n) is 18.9. The van der Waals surface area contributed by atoms with Crippen LogP contribution in [-0.2, 0) is 12.8 Å². The molecule has 0 N–H and O–H groups in total. The Balaban J connectivity index is 1.34. The number of halogens is 1. The fraction of sp³-hybridized carbons (Fsp3) is 0.407. The molecule has 4 nitrogen and oxygen atoms in total. The zero-order chi connectivity index (χ0) is 22.6. The van der Waals surface area contributed by atoms with E-state index in [1.165, 1.54) is 54.7 Å². The van der Waals surface area contributed by atoms with Gasteiger partial charge < -0.3 is 9.80 Å². The minimum absolute atomic E-state index is 0.722. The first-order chi connectivity index (χ1) is 16.2. The average Bonchev–Trinajstić information content (AvgIpc) is 3.59. The fourth-order valence-electron chi connectivity index (χ4n) is 5.14. The van der Waals surface area contributed by atoms with Gasteiger partial charge in [0.15, 0.2) is 0 Å². The summed E-state index contributed by atoms with van der Waals surface area (Å²) in [5.41, 5.74) is 4.27. The molecular weight excluding hydrogens is 448 g/mol. The van der Waals surface area contributed by atoms with Crippen molar-refractivity contribution in [1.29, 1.82) is 5.26 Å². The molecule has 5 rings (SSSR count). The summed E-state index contributed by atoms with van der Waals surface area (Å²) in [5.74, 6) is 1.10. The minimum atomic E-state index is 0.722. The first kappa shape index (κ1) is 22.4. The second-order valence-electron chi connectivity index (χ2n) is 8.95. The smallest absolute Gasteiger partial charge is 0.131 e. The Bertz CT molecular complexity index is 1200. The van der Waals surface area contributed by atoms with Crippen LogP contribution in [0.2, 0.25) is 5.02 Å². The predicted molar refractivity (Wildman–Crippen MR) is 139 cm³/mol. The number of benzene rings is 2. The molecule has 1 fully saturated rings. The van der Waals surface area contributed by atoms with E-state index in [0.29, 0.717) is 0 Å². The van der Waals surface area contributed by atoms with Gasteiger partial charge in [-0.2, -0.15) is 5.26 Å². The quantitative estimate of drug-likeness (QED) is 0.415. The molecule has 0 unspecified atom stereocenters. The Kier molecular flexibility index (Phi) is 6.96. The number of amidine groups is 1. The highest BCUT2D eigenvalue weighted by molar-refractivity contribution is 7.17. The molecule has 2 aromatic carbocycles. The summed E-state index contributed by atoms with van der Waals surface area (Å²) in [5, 5.41) is 13.5. The SMILES string of the molecule is N#Cc1cc(CCc2c(Cl)cccc2C2=NCCN2CCCN2CCCC2)c2sccc2c1. The van der Waals surface area contributed by atoms with Gasteiger partial charge in [-0.15, -0.1) is 11.3 Å². The van der Waals surface area contributed by atoms with Crippen molar-refractivity contribution in [2.75, 3.05) is 39.3 Å². The molecule has 6 heteroatoms. The molecule has 2 aliphatic heterocycles. The number of aryl methyl sites for hydroxylation is 1. The second kappa shape index (κ2) is 10.3. The number of aliphatic imine (C=N–C) groups is 1. The molecule has 0 atom stereocenters. The lowest BCUT2D eigenvalue weighted by Crippen LogP contribution is -2.32. The van der Waals surface area contributed by atoms with Crippen molar-refractivity contribution in [2.24, 2.45) is 4.99 Å². The van der Waals surface area contributed by atoms with Gasteiger partial charge in [0.05, 0.1) is 18.2 Å². The van der Waals surface area contributed by atoms with E-state index in [1.54, 1.807) is 11.3 Å². The second-order valence-corrected chi connectivity index (χ2v) is 10.3. The van der Waals surface area contributed by atoms with E-state index in [1.807, 2.05) is 24.3 Å². The van der Waals surface area contributed by atoms with Gasteiger partial charge in [0.1, 0.15) is 5.84 Å². The number of nitriles is 1. The van der Waals surface area contributed by atoms with Crippen LogP contribution in [0.5, 0.6) is 0 Å². The topological polar surface area (TPSA) is 42.6 Å². The van der Waals surface area contributed by atoms with E-state index in [2.05, 4.69) is 33.4 Å². The van der Waals surface area contributed by atoms with Crippen molar-refractivity contribution in [3.05, 3.63) is 69.1 Å². The highest BCUT2D eigenvalue weighted by atomic mass is 35.5. The maximum absolute atomic E-state index is 9.45. The summed E-state index contributed by atoms with van der Waals surface area (Å²) in [6.07, 6.45) is 5.55. The summed E-state index contributed by atoms with van der Waals surface area (Å²) < 4.78 is 1.27. The van der Waals surface area contributed by atoms with Gasteiger partial charge in [-0.05, 0) is 97.9 Å². The number of fused-ring (bicyclic) bond motifs is 1. The molecule has 0 spiro atoms. The molecule has 3 heterocycles. The van der Waals surface area contributed by atoms with E-state index in [-0.39, 0.29) is 0 Å². The normalized spacial score (nSPS) is 16.5.